The second-order valence-corrected chi connectivity index (χ2v) is 6.36. The third-order valence-corrected chi connectivity index (χ3v) is 4.27. The summed E-state index contributed by atoms with van der Waals surface area (Å²) in [6.07, 6.45) is 4.53. The summed E-state index contributed by atoms with van der Waals surface area (Å²) >= 11 is 0. The summed E-state index contributed by atoms with van der Waals surface area (Å²) in [6.45, 7) is 9.28. The van der Waals surface area contributed by atoms with E-state index in [-0.39, 0.29) is 12.0 Å². The van der Waals surface area contributed by atoms with E-state index in [1.807, 2.05) is 6.92 Å². The molecule has 4 nitrogen and oxygen atoms in total. The lowest BCUT2D eigenvalue weighted by molar-refractivity contribution is 0.0394. The van der Waals surface area contributed by atoms with E-state index in [1.54, 1.807) is 0 Å². The Morgan fingerprint density at radius 1 is 1.43 bits per heavy atom. The molecule has 0 radical (unpaired) electrons. The number of hydrogen-bond donors (Lipinski definition) is 1. The maximum absolute atomic E-state index is 13.9. The summed E-state index contributed by atoms with van der Waals surface area (Å²) in [4.78, 5) is 8.07. The SMILES string of the molecule is CCNc1ncc(F)c(OC2CC(C)CCC2C(C)C)n1. The number of aromatic nitrogens is 2. The lowest BCUT2D eigenvalue weighted by atomic mass is 9.75. The molecule has 0 aromatic carbocycles. The van der Waals surface area contributed by atoms with Gasteiger partial charge in [0.2, 0.25) is 11.8 Å². The second kappa shape index (κ2) is 7.05. The summed E-state index contributed by atoms with van der Waals surface area (Å²) < 4.78 is 19.9. The van der Waals surface area contributed by atoms with Crippen molar-refractivity contribution in [3.8, 4) is 5.88 Å². The van der Waals surface area contributed by atoms with Crippen molar-refractivity contribution >= 4 is 5.95 Å². The van der Waals surface area contributed by atoms with Crippen LogP contribution in [0.3, 0.4) is 0 Å². The molecule has 1 N–H and O–H groups in total. The molecule has 0 spiro atoms. The molecule has 2 rings (SSSR count). The van der Waals surface area contributed by atoms with E-state index >= 15 is 0 Å². The van der Waals surface area contributed by atoms with Gasteiger partial charge in [-0.2, -0.15) is 9.37 Å². The van der Waals surface area contributed by atoms with Crippen molar-refractivity contribution in [2.75, 3.05) is 11.9 Å². The van der Waals surface area contributed by atoms with E-state index in [4.69, 9.17) is 4.74 Å². The summed E-state index contributed by atoms with van der Waals surface area (Å²) in [5.74, 6) is 1.60. The van der Waals surface area contributed by atoms with Gasteiger partial charge in [-0.05, 0) is 37.5 Å². The number of nitrogens with zero attached hydrogens (tertiary/aromatic N) is 2. The topological polar surface area (TPSA) is 47.0 Å². The smallest absolute Gasteiger partial charge is 0.255 e. The van der Waals surface area contributed by atoms with Crippen LogP contribution in [0.25, 0.3) is 0 Å². The van der Waals surface area contributed by atoms with Crippen LogP contribution in [0.1, 0.15) is 47.0 Å². The van der Waals surface area contributed by atoms with Crippen molar-refractivity contribution in [3.63, 3.8) is 0 Å². The van der Waals surface area contributed by atoms with Crippen LogP contribution >= 0.6 is 0 Å². The van der Waals surface area contributed by atoms with Gasteiger partial charge in [0, 0.05) is 6.54 Å². The highest BCUT2D eigenvalue weighted by molar-refractivity contribution is 5.28. The predicted octanol–water partition coefficient (Wildman–Crippen LogP) is 3.89. The zero-order chi connectivity index (χ0) is 15.4. The minimum Gasteiger partial charge on any atom is -0.472 e. The molecule has 1 aliphatic rings. The number of nitrogens with one attached hydrogen (secondary N) is 1. The highest BCUT2D eigenvalue weighted by atomic mass is 19.1. The average molecular weight is 295 g/mol. The first kappa shape index (κ1) is 16.0. The first-order valence-electron chi connectivity index (χ1n) is 7.94. The Kier molecular flexibility index (Phi) is 5.37. The van der Waals surface area contributed by atoms with E-state index in [0.717, 1.165) is 12.8 Å². The molecule has 1 saturated carbocycles. The van der Waals surface area contributed by atoms with E-state index in [0.29, 0.717) is 30.2 Å². The Morgan fingerprint density at radius 2 is 2.19 bits per heavy atom. The summed E-state index contributed by atoms with van der Waals surface area (Å²) in [7, 11) is 0. The van der Waals surface area contributed by atoms with Crippen LogP contribution in [0, 0.1) is 23.6 Å². The van der Waals surface area contributed by atoms with Gasteiger partial charge in [-0.25, -0.2) is 4.98 Å². The highest BCUT2D eigenvalue weighted by Crippen LogP contribution is 2.36. The van der Waals surface area contributed by atoms with Crippen LogP contribution in [-0.4, -0.2) is 22.6 Å². The van der Waals surface area contributed by atoms with Gasteiger partial charge in [-0.3, -0.25) is 0 Å². The molecule has 1 fully saturated rings. The second-order valence-electron chi connectivity index (χ2n) is 6.36. The Bertz CT molecular complexity index is 467. The largest absolute Gasteiger partial charge is 0.472 e. The van der Waals surface area contributed by atoms with Crippen LogP contribution in [-0.2, 0) is 0 Å². The summed E-state index contributed by atoms with van der Waals surface area (Å²) in [5, 5.41) is 2.99. The van der Waals surface area contributed by atoms with Gasteiger partial charge < -0.3 is 10.1 Å². The van der Waals surface area contributed by atoms with Crippen LogP contribution in [0.5, 0.6) is 5.88 Å². The molecule has 1 aromatic rings. The van der Waals surface area contributed by atoms with E-state index in [9.17, 15) is 4.39 Å². The Morgan fingerprint density at radius 3 is 2.86 bits per heavy atom. The molecule has 0 amide bonds. The van der Waals surface area contributed by atoms with Crippen LogP contribution in [0.15, 0.2) is 6.20 Å². The number of anilines is 1. The summed E-state index contributed by atoms with van der Waals surface area (Å²) in [6, 6.07) is 0. The van der Waals surface area contributed by atoms with E-state index in [1.165, 1.54) is 12.6 Å². The first-order chi connectivity index (χ1) is 10.0. The van der Waals surface area contributed by atoms with Crippen molar-refractivity contribution in [1.29, 1.82) is 0 Å². The molecule has 118 valence electrons. The van der Waals surface area contributed by atoms with Gasteiger partial charge in [0.25, 0.3) is 5.88 Å². The van der Waals surface area contributed by atoms with Crippen molar-refractivity contribution in [2.24, 2.45) is 17.8 Å². The van der Waals surface area contributed by atoms with E-state index < -0.39 is 5.82 Å². The third kappa shape index (κ3) is 4.05. The quantitative estimate of drug-likeness (QED) is 0.895. The van der Waals surface area contributed by atoms with Crippen LogP contribution in [0.2, 0.25) is 0 Å². The fraction of sp³-hybridized carbons (Fsp3) is 0.750. The molecule has 1 aliphatic carbocycles. The average Bonchev–Trinajstić information content (AvgIpc) is 2.42. The van der Waals surface area contributed by atoms with Gasteiger partial charge in [0.15, 0.2) is 0 Å². The fourth-order valence-corrected chi connectivity index (χ4v) is 3.07. The molecular weight excluding hydrogens is 269 g/mol. The van der Waals surface area contributed by atoms with Crippen molar-refractivity contribution in [3.05, 3.63) is 12.0 Å². The normalized spacial score (nSPS) is 25.9. The van der Waals surface area contributed by atoms with Gasteiger partial charge in [0.05, 0.1) is 6.20 Å². The zero-order valence-corrected chi connectivity index (χ0v) is 13.4. The van der Waals surface area contributed by atoms with Crippen molar-refractivity contribution in [1.82, 2.24) is 9.97 Å². The number of hydrogen-bond acceptors (Lipinski definition) is 4. The minimum absolute atomic E-state index is 0.0348. The minimum atomic E-state index is -0.489. The fourth-order valence-electron chi connectivity index (χ4n) is 3.07. The standard InChI is InChI=1S/C16H26FN3O/c1-5-18-16-19-9-13(17)15(20-16)21-14-8-11(4)6-7-12(14)10(2)3/h9-12,14H,5-8H2,1-4H3,(H,18,19,20). The van der Waals surface area contributed by atoms with Gasteiger partial charge >= 0.3 is 0 Å². The predicted molar refractivity (Wildman–Crippen MR) is 81.9 cm³/mol. The molecule has 3 unspecified atom stereocenters. The van der Waals surface area contributed by atoms with Gasteiger partial charge in [-0.15, -0.1) is 0 Å². The zero-order valence-electron chi connectivity index (χ0n) is 13.4. The number of ether oxygens (including phenoxy) is 1. The lowest BCUT2D eigenvalue weighted by Gasteiger charge is -2.37. The molecular formula is C16H26FN3O. The number of rotatable bonds is 5. The highest BCUT2D eigenvalue weighted by Gasteiger charge is 2.33. The van der Waals surface area contributed by atoms with Gasteiger partial charge in [-0.1, -0.05) is 27.2 Å². The molecule has 21 heavy (non-hydrogen) atoms. The molecule has 0 bridgehead atoms. The maximum atomic E-state index is 13.9. The molecule has 1 heterocycles. The molecule has 0 aliphatic heterocycles. The molecule has 3 atom stereocenters. The first-order valence-corrected chi connectivity index (χ1v) is 7.94. The summed E-state index contributed by atoms with van der Waals surface area (Å²) in [5.41, 5.74) is 0. The monoisotopic (exact) mass is 295 g/mol. The maximum Gasteiger partial charge on any atom is 0.255 e. The van der Waals surface area contributed by atoms with Crippen molar-refractivity contribution in [2.45, 2.75) is 53.1 Å². The van der Waals surface area contributed by atoms with Crippen LogP contribution < -0.4 is 10.1 Å². The van der Waals surface area contributed by atoms with Crippen LogP contribution in [0.4, 0.5) is 10.3 Å². The molecule has 0 saturated heterocycles. The molecule has 1 aromatic heterocycles. The van der Waals surface area contributed by atoms with Crippen molar-refractivity contribution < 1.29 is 9.13 Å². The Balaban J connectivity index is 2.15. The van der Waals surface area contributed by atoms with Gasteiger partial charge in [0.1, 0.15) is 6.10 Å². The Labute approximate surface area is 126 Å². The van der Waals surface area contributed by atoms with E-state index in [2.05, 4.69) is 36.1 Å². The third-order valence-electron chi connectivity index (χ3n) is 4.27. The Hall–Kier alpha value is -1.39. The number of halogens is 1. The lowest BCUT2D eigenvalue weighted by Crippen LogP contribution is -2.36. The molecule has 5 heteroatoms.